The lowest BCUT2D eigenvalue weighted by molar-refractivity contribution is 0.427. The first-order chi connectivity index (χ1) is 6.27. The average Bonchev–Trinajstić information content (AvgIpc) is 2.53. The Morgan fingerprint density at radius 3 is 2.54 bits per heavy atom. The first-order valence-corrected chi connectivity index (χ1v) is 4.27. The molecule has 0 amide bonds. The van der Waals surface area contributed by atoms with Gasteiger partial charge in [0.1, 0.15) is 0 Å². The third kappa shape index (κ3) is 1.47. The topological polar surface area (TPSA) is 26.0 Å². The van der Waals surface area contributed by atoms with Gasteiger partial charge >= 0.3 is 0 Å². The number of aromatic nitrogens is 1. The normalized spacial score (nSPS) is 10.3. The number of nitrogens with zero attached hydrogens (tertiary/aromatic N) is 1. The molecule has 0 saturated heterocycles. The minimum Gasteiger partial charge on any atom is -0.356 e. The fourth-order valence-electron chi connectivity index (χ4n) is 1.34. The van der Waals surface area contributed by atoms with E-state index >= 15 is 0 Å². The van der Waals surface area contributed by atoms with Crippen LogP contribution in [0.1, 0.15) is 11.3 Å². The molecule has 1 aromatic heterocycles. The molecule has 13 heavy (non-hydrogen) atoms. The molecular formula is C11H11NO. The lowest BCUT2D eigenvalue weighted by atomic mass is 10.1. The number of aryl methyl sites for hydroxylation is 2. The van der Waals surface area contributed by atoms with Crippen molar-refractivity contribution in [2.75, 3.05) is 0 Å². The minimum absolute atomic E-state index is 0.843. The van der Waals surface area contributed by atoms with Gasteiger partial charge in [0.25, 0.3) is 0 Å². The summed E-state index contributed by atoms with van der Waals surface area (Å²) in [4.78, 5) is 0. The summed E-state index contributed by atoms with van der Waals surface area (Å²) in [7, 11) is 0. The van der Waals surface area contributed by atoms with Crippen LogP contribution < -0.4 is 0 Å². The van der Waals surface area contributed by atoms with Crippen molar-refractivity contribution >= 4 is 0 Å². The van der Waals surface area contributed by atoms with Crippen LogP contribution in [0.3, 0.4) is 0 Å². The molecule has 0 atom stereocenters. The zero-order valence-corrected chi connectivity index (χ0v) is 7.74. The molecule has 1 heterocycles. The van der Waals surface area contributed by atoms with Gasteiger partial charge in [-0.05, 0) is 19.4 Å². The van der Waals surface area contributed by atoms with Gasteiger partial charge in [0.05, 0.1) is 5.69 Å². The van der Waals surface area contributed by atoms with E-state index in [1.807, 2.05) is 31.2 Å². The van der Waals surface area contributed by atoms with Crippen molar-refractivity contribution in [3.05, 3.63) is 41.6 Å². The Labute approximate surface area is 77.2 Å². The van der Waals surface area contributed by atoms with Crippen LogP contribution in [-0.2, 0) is 0 Å². The van der Waals surface area contributed by atoms with Crippen molar-refractivity contribution in [2.45, 2.75) is 13.8 Å². The van der Waals surface area contributed by atoms with Crippen LogP contribution in [0.4, 0.5) is 0 Å². The highest BCUT2D eigenvalue weighted by Crippen LogP contribution is 2.23. The van der Waals surface area contributed by atoms with E-state index in [9.17, 15) is 0 Å². The van der Waals surface area contributed by atoms with Crippen LogP contribution in [0, 0.1) is 13.8 Å². The molecule has 1 aromatic carbocycles. The summed E-state index contributed by atoms with van der Waals surface area (Å²) in [5.41, 5.74) is 3.24. The smallest absolute Gasteiger partial charge is 0.167 e. The van der Waals surface area contributed by atoms with Crippen molar-refractivity contribution in [2.24, 2.45) is 0 Å². The Bertz CT molecular complexity index is 418. The fraction of sp³-hybridized carbons (Fsp3) is 0.182. The maximum atomic E-state index is 5.18. The molecule has 0 spiro atoms. The molecule has 0 aliphatic rings. The number of rotatable bonds is 1. The molecule has 0 fully saturated rings. The molecule has 2 aromatic rings. The number of hydrogen-bond donors (Lipinski definition) is 0. The molecule has 0 saturated carbocycles. The first-order valence-electron chi connectivity index (χ1n) is 4.27. The highest BCUT2D eigenvalue weighted by molar-refractivity contribution is 5.61. The molecule has 2 rings (SSSR count). The Balaban J connectivity index is 2.52. The number of benzene rings is 1. The van der Waals surface area contributed by atoms with Crippen molar-refractivity contribution in [1.82, 2.24) is 5.16 Å². The minimum atomic E-state index is 0.843. The van der Waals surface area contributed by atoms with E-state index in [0.29, 0.717) is 0 Å². The quantitative estimate of drug-likeness (QED) is 0.662. The highest BCUT2D eigenvalue weighted by Gasteiger charge is 2.05. The van der Waals surface area contributed by atoms with Crippen LogP contribution in [0.5, 0.6) is 0 Å². The molecule has 0 bridgehead atoms. The lowest BCUT2D eigenvalue weighted by Crippen LogP contribution is -1.78. The van der Waals surface area contributed by atoms with Crippen LogP contribution in [-0.4, -0.2) is 5.16 Å². The van der Waals surface area contributed by atoms with Gasteiger partial charge in [0, 0.05) is 11.6 Å². The second-order valence-electron chi connectivity index (χ2n) is 3.15. The second-order valence-corrected chi connectivity index (χ2v) is 3.15. The van der Waals surface area contributed by atoms with E-state index in [2.05, 4.69) is 18.1 Å². The Morgan fingerprint density at radius 2 is 1.92 bits per heavy atom. The highest BCUT2D eigenvalue weighted by atomic mass is 16.5. The lowest BCUT2D eigenvalue weighted by Gasteiger charge is -1.98. The fourth-order valence-corrected chi connectivity index (χ4v) is 1.34. The van der Waals surface area contributed by atoms with Crippen LogP contribution in [0.25, 0.3) is 11.3 Å². The third-order valence-corrected chi connectivity index (χ3v) is 2.04. The summed E-state index contributed by atoms with van der Waals surface area (Å²) < 4.78 is 5.18. The van der Waals surface area contributed by atoms with Crippen LogP contribution in [0.15, 0.2) is 34.9 Å². The SMILES string of the molecule is Cc1cc(-c2ccccc2C)on1. The predicted molar refractivity (Wildman–Crippen MR) is 51.4 cm³/mol. The van der Waals surface area contributed by atoms with Crippen LogP contribution in [0.2, 0.25) is 0 Å². The molecule has 2 nitrogen and oxygen atoms in total. The van der Waals surface area contributed by atoms with Gasteiger partial charge in [-0.2, -0.15) is 0 Å². The molecule has 0 radical (unpaired) electrons. The second kappa shape index (κ2) is 3.05. The van der Waals surface area contributed by atoms with E-state index < -0.39 is 0 Å². The zero-order chi connectivity index (χ0) is 9.26. The zero-order valence-electron chi connectivity index (χ0n) is 7.74. The predicted octanol–water partition coefficient (Wildman–Crippen LogP) is 2.96. The van der Waals surface area contributed by atoms with E-state index in [0.717, 1.165) is 17.0 Å². The number of hydrogen-bond acceptors (Lipinski definition) is 2. The van der Waals surface area contributed by atoms with Gasteiger partial charge in [-0.15, -0.1) is 0 Å². The maximum Gasteiger partial charge on any atom is 0.167 e. The van der Waals surface area contributed by atoms with Crippen molar-refractivity contribution in [3.63, 3.8) is 0 Å². The van der Waals surface area contributed by atoms with Crippen molar-refractivity contribution in [3.8, 4) is 11.3 Å². The monoisotopic (exact) mass is 173 g/mol. The van der Waals surface area contributed by atoms with E-state index in [-0.39, 0.29) is 0 Å². The summed E-state index contributed by atoms with van der Waals surface area (Å²) in [5.74, 6) is 0.843. The van der Waals surface area contributed by atoms with E-state index in [1.165, 1.54) is 5.56 Å². The largest absolute Gasteiger partial charge is 0.356 e. The Kier molecular flexibility index (Phi) is 1.89. The molecule has 2 heteroatoms. The van der Waals surface area contributed by atoms with Gasteiger partial charge in [-0.1, -0.05) is 29.4 Å². The average molecular weight is 173 g/mol. The Hall–Kier alpha value is -1.57. The molecule has 0 aliphatic heterocycles. The molecule has 0 N–H and O–H groups in total. The standard InChI is InChI=1S/C11H11NO/c1-8-5-3-4-6-10(8)11-7-9(2)12-13-11/h3-7H,1-2H3. The summed E-state index contributed by atoms with van der Waals surface area (Å²) in [6.45, 7) is 3.98. The molecular weight excluding hydrogens is 162 g/mol. The van der Waals surface area contributed by atoms with Gasteiger partial charge in [-0.3, -0.25) is 0 Å². The summed E-state index contributed by atoms with van der Waals surface area (Å²) >= 11 is 0. The summed E-state index contributed by atoms with van der Waals surface area (Å²) in [6, 6.07) is 10.1. The first kappa shape index (κ1) is 8.05. The maximum absolute atomic E-state index is 5.18. The summed E-state index contributed by atoms with van der Waals surface area (Å²) in [5, 5.41) is 3.86. The van der Waals surface area contributed by atoms with Crippen LogP contribution >= 0.6 is 0 Å². The van der Waals surface area contributed by atoms with Gasteiger partial charge < -0.3 is 4.52 Å². The molecule has 0 aliphatic carbocycles. The van der Waals surface area contributed by atoms with Gasteiger partial charge in [0.2, 0.25) is 0 Å². The third-order valence-electron chi connectivity index (χ3n) is 2.04. The van der Waals surface area contributed by atoms with Crippen molar-refractivity contribution in [1.29, 1.82) is 0 Å². The van der Waals surface area contributed by atoms with Gasteiger partial charge in [-0.25, -0.2) is 0 Å². The van der Waals surface area contributed by atoms with E-state index in [1.54, 1.807) is 0 Å². The molecule has 0 unspecified atom stereocenters. The molecule has 66 valence electrons. The van der Waals surface area contributed by atoms with E-state index in [4.69, 9.17) is 4.52 Å². The Morgan fingerprint density at radius 1 is 1.15 bits per heavy atom. The van der Waals surface area contributed by atoms with Gasteiger partial charge in [0.15, 0.2) is 5.76 Å². The summed E-state index contributed by atoms with van der Waals surface area (Å²) in [6.07, 6.45) is 0. The van der Waals surface area contributed by atoms with Crippen molar-refractivity contribution < 1.29 is 4.52 Å².